The lowest BCUT2D eigenvalue weighted by Crippen LogP contribution is -2.23. The summed E-state index contributed by atoms with van der Waals surface area (Å²) in [5.41, 5.74) is 1.89. The van der Waals surface area contributed by atoms with Crippen LogP contribution in [0.5, 0.6) is 5.75 Å². The molecule has 1 fully saturated rings. The van der Waals surface area contributed by atoms with Crippen molar-refractivity contribution in [3.8, 4) is 5.75 Å². The van der Waals surface area contributed by atoms with E-state index in [2.05, 4.69) is 4.99 Å². The number of halogens is 1. The fourth-order valence-electron chi connectivity index (χ4n) is 2.36. The van der Waals surface area contributed by atoms with E-state index in [1.54, 1.807) is 19.0 Å². The summed E-state index contributed by atoms with van der Waals surface area (Å²) in [6.07, 6.45) is 1.85. The van der Waals surface area contributed by atoms with E-state index in [0.717, 1.165) is 16.9 Å². The molecule has 0 aliphatic carbocycles. The van der Waals surface area contributed by atoms with Gasteiger partial charge in [0, 0.05) is 24.7 Å². The lowest BCUT2D eigenvalue weighted by molar-refractivity contribution is -0.121. The Labute approximate surface area is 156 Å². The molecule has 1 aliphatic rings. The minimum Gasteiger partial charge on any atom is -0.488 e. The third kappa shape index (κ3) is 4.06. The number of ether oxygens (including phenoxy) is 1. The number of rotatable bonds is 4. The summed E-state index contributed by atoms with van der Waals surface area (Å²) in [6.45, 7) is 0.431. The van der Waals surface area contributed by atoms with E-state index in [9.17, 15) is 4.79 Å². The van der Waals surface area contributed by atoms with Crippen LogP contribution in [0.4, 0.5) is 0 Å². The van der Waals surface area contributed by atoms with Gasteiger partial charge in [0.25, 0.3) is 5.91 Å². The summed E-state index contributed by atoms with van der Waals surface area (Å²) in [5.74, 6) is 0.668. The summed E-state index contributed by atoms with van der Waals surface area (Å²) in [5, 5.41) is 1.39. The molecule has 128 valence electrons. The highest BCUT2D eigenvalue weighted by Crippen LogP contribution is 2.33. The molecule has 0 saturated carbocycles. The Kier molecular flexibility index (Phi) is 5.46. The van der Waals surface area contributed by atoms with Crippen LogP contribution < -0.4 is 4.74 Å². The van der Waals surface area contributed by atoms with Crippen molar-refractivity contribution >= 4 is 40.5 Å². The van der Waals surface area contributed by atoms with Crippen molar-refractivity contribution in [3.05, 3.63) is 69.6 Å². The fraction of sp³-hybridized carbons (Fsp3) is 0.158. The summed E-state index contributed by atoms with van der Waals surface area (Å²) in [7, 11) is 3.40. The first-order valence-electron chi connectivity index (χ1n) is 7.69. The maximum atomic E-state index is 12.3. The van der Waals surface area contributed by atoms with Gasteiger partial charge < -0.3 is 4.74 Å². The maximum absolute atomic E-state index is 12.3. The van der Waals surface area contributed by atoms with Crippen LogP contribution in [0.25, 0.3) is 6.08 Å². The molecule has 0 atom stereocenters. The molecule has 0 aromatic heterocycles. The number of benzene rings is 2. The van der Waals surface area contributed by atoms with Gasteiger partial charge >= 0.3 is 0 Å². The van der Waals surface area contributed by atoms with Crippen molar-refractivity contribution in [1.29, 1.82) is 0 Å². The Bertz CT molecular complexity index is 847. The first-order chi connectivity index (χ1) is 12.1. The van der Waals surface area contributed by atoms with Crippen LogP contribution in [0.2, 0.25) is 5.02 Å². The number of hydrogen-bond donors (Lipinski definition) is 0. The van der Waals surface area contributed by atoms with Crippen LogP contribution in [0.15, 0.2) is 58.4 Å². The van der Waals surface area contributed by atoms with Gasteiger partial charge in [0.1, 0.15) is 12.4 Å². The average Bonchev–Trinajstić information content (AvgIpc) is 2.90. The number of aliphatic imine (C=N–C) groups is 1. The van der Waals surface area contributed by atoms with Crippen molar-refractivity contribution in [1.82, 2.24) is 4.90 Å². The highest BCUT2D eigenvalue weighted by atomic mass is 35.5. The van der Waals surface area contributed by atoms with Gasteiger partial charge in [-0.25, -0.2) is 0 Å². The predicted molar refractivity (Wildman–Crippen MR) is 104 cm³/mol. The molecule has 1 amide bonds. The molecule has 3 rings (SSSR count). The van der Waals surface area contributed by atoms with Gasteiger partial charge in [0.15, 0.2) is 5.17 Å². The monoisotopic (exact) mass is 372 g/mol. The fourth-order valence-corrected chi connectivity index (χ4v) is 3.41. The Morgan fingerprint density at radius 3 is 2.60 bits per heavy atom. The molecule has 1 heterocycles. The molecule has 0 unspecified atom stereocenters. The third-order valence-corrected chi connectivity index (χ3v) is 5.11. The summed E-state index contributed by atoms with van der Waals surface area (Å²) in [4.78, 5) is 18.6. The van der Waals surface area contributed by atoms with Crippen molar-refractivity contribution in [2.24, 2.45) is 4.99 Å². The standard InChI is InChI=1S/C19H17ClN2O2S/c1-21-19-22(2)18(23)17(25-19)11-14-5-3-4-6-16(14)24-12-13-7-9-15(20)10-8-13/h3-11H,12H2,1-2H3/b17-11+,21-19?. The van der Waals surface area contributed by atoms with E-state index < -0.39 is 0 Å². The lowest BCUT2D eigenvalue weighted by Gasteiger charge is -2.10. The number of thioether (sulfide) groups is 1. The number of para-hydroxylation sites is 1. The lowest BCUT2D eigenvalue weighted by atomic mass is 10.2. The van der Waals surface area contributed by atoms with Crippen LogP contribution >= 0.6 is 23.4 Å². The summed E-state index contributed by atoms with van der Waals surface area (Å²) in [6, 6.07) is 15.2. The number of likely N-dealkylation sites (N-methyl/N-ethyl adjacent to an activating group) is 1. The molecule has 0 spiro atoms. The Morgan fingerprint density at radius 2 is 1.92 bits per heavy atom. The van der Waals surface area contributed by atoms with Gasteiger partial charge in [0.05, 0.1) is 4.91 Å². The Balaban J connectivity index is 1.80. The van der Waals surface area contributed by atoms with E-state index in [4.69, 9.17) is 16.3 Å². The smallest absolute Gasteiger partial charge is 0.266 e. The minimum atomic E-state index is -0.0573. The third-order valence-electron chi connectivity index (χ3n) is 3.71. The molecule has 0 N–H and O–H groups in total. The number of carbonyl (C=O) groups excluding carboxylic acids is 1. The normalized spacial score (nSPS) is 17.6. The van der Waals surface area contributed by atoms with E-state index in [1.807, 2.05) is 54.6 Å². The highest BCUT2D eigenvalue weighted by molar-refractivity contribution is 8.18. The van der Waals surface area contributed by atoms with Gasteiger partial charge in [-0.1, -0.05) is 41.9 Å². The van der Waals surface area contributed by atoms with Crippen molar-refractivity contribution in [2.45, 2.75) is 6.61 Å². The molecule has 25 heavy (non-hydrogen) atoms. The highest BCUT2D eigenvalue weighted by Gasteiger charge is 2.29. The van der Waals surface area contributed by atoms with Crippen LogP contribution in [0.3, 0.4) is 0 Å². The molecule has 0 radical (unpaired) electrons. The molecule has 1 aliphatic heterocycles. The van der Waals surface area contributed by atoms with Crippen molar-refractivity contribution in [2.75, 3.05) is 14.1 Å². The summed E-state index contributed by atoms with van der Waals surface area (Å²) < 4.78 is 5.94. The number of hydrogen-bond acceptors (Lipinski definition) is 4. The molecule has 4 nitrogen and oxygen atoms in total. The Morgan fingerprint density at radius 1 is 1.20 bits per heavy atom. The number of carbonyl (C=O) groups is 1. The van der Waals surface area contributed by atoms with E-state index in [-0.39, 0.29) is 5.91 Å². The van der Waals surface area contributed by atoms with Crippen LogP contribution in [0.1, 0.15) is 11.1 Å². The van der Waals surface area contributed by atoms with Gasteiger partial charge in [-0.15, -0.1) is 0 Å². The van der Waals surface area contributed by atoms with E-state index >= 15 is 0 Å². The van der Waals surface area contributed by atoms with Gasteiger partial charge in [-0.2, -0.15) is 0 Å². The van der Waals surface area contributed by atoms with Crippen LogP contribution in [-0.4, -0.2) is 30.1 Å². The second-order valence-electron chi connectivity index (χ2n) is 5.43. The Hall–Kier alpha value is -2.24. The molecular weight excluding hydrogens is 356 g/mol. The van der Waals surface area contributed by atoms with E-state index in [0.29, 0.717) is 21.7 Å². The second kappa shape index (κ2) is 7.76. The first-order valence-corrected chi connectivity index (χ1v) is 8.88. The van der Waals surface area contributed by atoms with Crippen LogP contribution in [0, 0.1) is 0 Å². The van der Waals surface area contributed by atoms with Gasteiger partial charge in [-0.05, 0) is 41.6 Å². The maximum Gasteiger partial charge on any atom is 0.266 e. The van der Waals surface area contributed by atoms with Crippen LogP contribution in [-0.2, 0) is 11.4 Å². The molecule has 0 bridgehead atoms. The first kappa shape index (κ1) is 17.6. The molecule has 2 aromatic rings. The minimum absolute atomic E-state index is 0.0573. The molecule has 2 aromatic carbocycles. The molecule has 6 heteroatoms. The topological polar surface area (TPSA) is 41.9 Å². The largest absolute Gasteiger partial charge is 0.488 e. The van der Waals surface area contributed by atoms with E-state index in [1.165, 1.54) is 11.8 Å². The average molecular weight is 373 g/mol. The quantitative estimate of drug-likeness (QED) is 0.744. The summed E-state index contributed by atoms with van der Waals surface area (Å²) >= 11 is 7.27. The number of amides is 1. The zero-order valence-corrected chi connectivity index (χ0v) is 15.5. The second-order valence-corrected chi connectivity index (χ2v) is 6.88. The van der Waals surface area contributed by atoms with Gasteiger partial charge in [-0.3, -0.25) is 14.7 Å². The number of nitrogens with zero attached hydrogens (tertiary/aromatic N) is 2. The number of amidine groups is 1. The molecule has 1 saturated heterocycles. The zero-order valence-electron chi connectivity index (χ0n) is 13.9. The zero-order chi connectivity index (χ0) is 17.8. The molecular formula is C19H17ClN2O2S. The predicted octanol–water partition coefficient (Wildman–Crippen LogP) is 4.45. The van der Waals surface area contributed by atoms with Crippen molar-refractivity contribution in [3.63, 3.8) is 0 Å². The SMILES string of the molecule is CN=C1S/C(=C/c2ccccc2OCc2ccc(Cl)cc2)C(=O)N1C. The van der Waals surface area contributed by atoms with Gasteiger partial charge in [0.2, 0.25) is 0 Å². The van der Waals surface area contributed by atoms with Crippen molar-refractivity contribution < 1.29 is 9.53 Å².